The number of nitrogens with two attached hydrogens (primary N) is 1. The van der Waals surface area contributed by atoms with Gasteiger partial charge in [-0.25, -0.2) is 0 Å². The summed E-state index contributed by atoms with van der Waals surface area (Å²) in [5.74, 6) is 0.837. The summed E-state index contributed by atoms with van der Waals surface area (Å²) >= 11 is 0. The van der Waals surface area contributed by atoms with Gasteiger partial charge in [0.25, 0.3) is 0 Å². The summed E-state index contributed by atoms with van der Waals surface area (Å²) in [7, 11) is 0. The van der Waals surface area contributed by atoms with Crippen LogP contribution in [-0.4, -0.2) is 30.1 Å². The summed E-state index contributed by atoms with van der Waals surface area (Å²) in [4.78, 5) is 2.73. The van der Waals surface area contributed by atoms with Crippen LogP contribution in [0.3, 0.4) is 0 Å². The van der Waals surface area contributed by atoms with Crippen LogP contribution in [0.1, 0.15) is 73.1 Å². The van der Waals surface area contributed by atoms with E-state index in [1.807, 2.05) is 0 Å². The van der Waals surface area contributed by atoms with E-state index in [-0.39, 0.29) is 0 Å². The molecule has 0 amide bonds. The zero-order valence-corrected chi connectivity index (χ0v) is 14.4. The monoisotopic (exact) mass is 280 g/mol. The first-order valence-corrected chi connectivity index (χ1v) is 8.69. The summed E-state index contributed by atoms with van der Waals surface area (Å²) in [6.45, 7) is 14.6. The van der Waals surface area contributed by atoms with Crippen molar-refractivity contribution in [1.29, 1.82) is 0 Å². The molecule has 20 heavy (non-hydrogen) atoms. The molecule has 2 rings (SSSR count). The lowest BCUT2D eigenvalue weighted by atomic mass is 9.69. The van der Waals surface area contributed by atoms with Gasteiger partial charge < -0.3 is 5.73 Å². The topological polar surface area (TPSA) is 29.3 Å². The second kappa shape index (κ2) is 5.96. The van der Waals surface area contributed by atoms with E-state index in [2.05, 4.69) is 39.5 Å². The molecule has 3 unspecified atom stereocenters. The number of likely N-dealkylation sites (tertiary alicyclic amines) is 1. The van der Waals surface area contributed by atoms with E-state index in [1.54, 1.807) is 0 Å². The summed E-state index contributed by atoms with van der Waals surface area (Å²) in [6.07, 6.45) is 7.89. The van der Waals surface area contributed by atoms with E-state index in [0.29, 0.717) is 22.9 Å². The van der Waals surface area contributed by atoms with Crippen LogP contribution < -0.4 is 5.73 Å². The Bertz CT molecular complexity index is 316. The van der Waals surface area contributed by atoms with Crippen molar-refractivity contribution >= 4 is 0 Å². The Hall–Kier alpha value is -0.0800. The van der Waals surface area contributed by atoms with Crippen LogP contribution in [0.25, 0.3) is 0 Å². The van der Waals surface area contributed by atoms with Crippen molar-refractivity contribution in [2.45, 2.75) is 85.2 Å². The van der Waals surface area contributed by atoms with Gasteiger partial charge in [0.15, 0.2) is 0 Å². The molecule has 0 bridgehead atoms. The molecule has 118 valence electrons. The molecule has 0 aromatic rings. The second-order valence-electron chi connectivity index (χ2n) is 9.16. The maximum absolute atomic E-state index is 6.49. The molecule has 2 fully saturated rings. The molecule has 2 aliphatic rings. The Balaban J connectivity index is 2.02. The maximum Gasteiger partial charge on any atom is 0.0250 e. The average molecular weight is 281 g/mol. The van der Waals surface area contributed by atoms with Crippen LogP contribution in [0.15, 0.2) is 0 Å². The lowest BCUT2D eigenvalue weighted by Crippen LogP contribution is -2.53. The van der Waals surface area contributed by atoms with Crippen molar-refractivity contribution in [2.75, 3.05) is 13.1 Å². The summed E-state index contributed by atoms with van der Waals surface area (Å²) < 4.78 is 0. The van der Waals surface area contributed by atoms with Gasteiger partial charge in [0.2, 0.25) is 0 Å². The first kappa shape index (κ1) is 16.3. The smallest absolute Gasteiger partial charge is 0.0250 e. The first-order chi connectivity index (χ1) is 9.19. The predicted molar refractivity (Wildman–Crippen MR) is 87.8 cm³/mol. The molecular weight excluding hydrogens is 244 g/mol. The highest BCUT2D eigenvalue weighted by Gasteiger charge is 2.38. The molecule has 1 aliphatic carbocycles. The highest BCUT2D eigenvalue weighted by molar-refractivity contribution is 4.93. The fourth-order valence-electron chi connectivity index (χ4n) is 4.15. The average Bonchev–Trinajstić information content (AvgIpc) is 2.49. The van der Waals surface area contributed by atoms with Gasteiger partial charge in [0.05, 0.1) is 0 Å². The van der Waals surface area contributed by atoms with Gasteiger partial charge in [-0.2, -0.15) is 0 Å². The van der Waals surface area contributed by atoms with Crippen LogP contribution in [0.5, 0.6) is 0 Å². The fraction of sp³-hybridized carbons (Fsp3) is 1.00. The molecule has 1 aliphatic heterocycles. The van der Waals surface area contributed by atoms with Crippen molar-refractivity contribution in [3.05, 3.63) is 0 Å². The molecule has 2 heteroatoms. The van der Waals surface area contributed by atoms with Crippen molar-refractivity contribution in [3.63, 3.8) is 0 Å². The standard InChI is InChI=1S/C18H36N2/c1-17(2,3)14-7-8-15(19)16(13-14)20-11-6-9-18(4,5)10-12-20/h14-16H,6-13,19H2,1-5H3. The van der Waals surface area contributed by atoms with Gasteiger partial charge in [-0.3, -0.25) is 4.90 Å². The van der Waals surface area contributed by atoms with Crippen LogP contribution in [0.4, 0.5) is 0 Å². The maximum atomic E-state index is 6.49. The lowest BCUT2D eigenvalue weighted by molar-refractivity contribution is 0.0695. The summed E-state index contributed by atoms with van der Waals surface area (Å²) in [5, 5.41) is 0. The van der Waals surface area contributed by atoms with Gasteiger partial charge in [0, 0.05) is 12.1 Å². The molecule has 1 heterocycles. The van der Waals surface area contributed by atoms with Gasteiger partial charge >= 0.3 is 0 Å². The lowest BCUT2D eigenvalue weighted by Gasteiger charge is -2.45. The number of nitrogens with zero attached hydrogens (tertiary/aromatic N) is 1. The first-order valence-electron chi connectivity index (χ1n) is 8.69. The number of hydrogen-bond acceptors (Lipinski definition) is 2. The largest absolute Gasteiger partial charge is 0.326 e. The minimum absolute atomic E-state index is 0.398. The van der Waals surface area contributed by atoms with Crippen LogP contribution in [0, 0.1) is 16.7 Å². The van der Waals surface area contributed by atoms with E-state index < -0.39 is 0 Å². The molecule has 1 saturated carbocycles. The normalized spacial score (nSPS) is 36.6. The Morgan fingerprint density at radius 3 is 2.40 bits per heavy atom. The third kappa shape index (κ3) is 3.98. The molecule has 2 nitrogen and oxygen atoms in total. The van der Waals surface area contributed by atoms with Gasteiger partial charge in [-0.05, 0) is 68.4 Å². The molecule has 2 N–H and O–H groups in total. The molecular formula is C18H36N2. The van der Waals surface area contributed by atoms with Gasteiger partial charge in [-0.1, -0.05) is 34.6 Å². The van der Waals surface area contributed by atoms with Crippen LogP contribution in [-0.2, 0) is 0 Å². The number of hydrogen-bond donors (Lipinski definition) is 1. The second-order valence-corrected chi connectivity index (χ2v) is 9.16. The summed E-state index contributed by atoms with van der Waals surface area (Å²) in [6, 6.07) is 1.02. The minimum Gasteiger partial charge on any atom is -0.326 e. The van der Waals surface area contributed by atoms with E-state index in [0.717, 1.165) is 5.92 Å². The SMILES string of the molecule is CC1(C)CCCN(C2CC(C(C)(C)C)CCC2N)CC1. The number of rotatable bonds is 1. The van der Waals surface area contributed by atoms with E-state index in [1.165, 1.54) is 51.6 Å². The molecule has 1 saturated heterocycles. The van der Waals surface area contributed by atoms with Gasteiger partial charge in [0.1, 0.15) is 0 Å². The fourth-order valence-corrected chi connectivity index (χ4v) is 4.15. The van der Waals surface area contributed by atoms with Crippen molar-refractivity contribution in [2.24, 2.45) is 22.5 Å². The molecule has 0 spiro atoms. The minimum atomic E-state index is 0.398. The predicted octanol–water partition coefficient (Wildman–Crippen LogP) is 4.04. The van der Waals surface area contributed by atoms with E-state index in [9.17, 15) is 0 Å². The summed E-state index contributed by atoms with van der Waals surface area (Å²) in [5.41, 5.74) is 7.45. The Labute approximate surface area is 126 Å². The zero-order valence-electron chi connectivity index (χ0n) is 14.4. The van der Waals surface area contributed by atoms with E-state index >= 15 is 0 Å². The van der Waals surface area contributed by atoms with Crippen LogP contribution >= 0.6 is 0 Å². The third-order valence-corrected chi connectivity index (χ3v) is 5.94. The highest BCUT2D eigenvalue weighted by atomic mass is 15.2. The van der Waals surface area contributed by atoms with Crippen molar-refractivity contribution in [3.8, 4) is 0 Å². The quantitative estimate of drug-likeness (QED) is 0.785. The van der Waals surface area contributed by atoms with Crippen molar-refractivity contribution < 1.29 is 0 Å². The van der Waals surface area contributed by atoms with Gasteiger partial charge in [-0.15, -0.1) is 0 Å². The Kier molecular flexibility index (Phi) is 4.86. The van der Waals surface area contributed by atoms with Crippen LogP contribution in [0.2, 0.25) is 0 Å². The molecule has 3 atom stereocenters. The highest BCUT2D eigenvalue weighted by Crippen LogP contribution is 2.40. The molecule has 0 aromatic carbocycles. The third-order valence-electron chi connectivity index (χ3n) is 5.94. The molecule has 0 radical (unpaired) electrons. The Morgan fingerprint density at radius 2 is 1.75 bits per heavy atom. The van der Waals surface area contributed by atoms with Crippen molar-refractivity contribution in [1.82, 2.24) is 4.90 Å². The van der Waals surface area contributed by atoms with E-state index in [4.69, 9.17) is 5.73 Å². The zero-order chi connectivity index (χ0) is 15.0. The molecule has 0 aromatic heterocycles. The Morgan fingerprint density at radius 1 is 1.05 bits per heavy atom.